The van der Waals surface area contributed by atoms with Crippen molar-refractivity contribution in [2.45, 2.75) is 0 Å². The van der Waals surface area contributed by atoms with Crippen molar-refractivity contribution in [3.05, 3.63) is 41.9 Å². The Hall–Kier alpha value is -2.14. The van der Waals surface area contributed by atoms with Crippen LogP contribution in [0.25, 0.3) is 16.9 Å². The number of hydrogen-bond acceptors (Lipinski definition) is 4. The van der Waals surface area contributed by atoms with Crippen LogP contribution in [0, 0.1) is 0 Å². The number of aromatic nitrogens is 4. The molecule has 18 heavy (non-hydrogen) atoms. The predicted octanol–water partition coefficient (Wildman–Crippen LogP) is 2.45. The number of fused-ring (bicyclic) bond motifs is 1. The van der Waals surface area contributed by atoms with E-state index in [0.29, 0.717) is 16.5 Å². The van der Waals surface area contributed by atoms with E-state index in [4.69, 9.17) is 16.3 Å². The first-order valence-electron chi connectivity index (χ1n) is 5.28. The van der Waals surface area contributed by atoms with Gasteiger partial charge in [-0.2, -0.15) is 0 Å². The zero-order chi connectivity index (χ0) is 12.5. The third kappa shape index (κ3) is 1.78. The molecule has 0 unspecified atom stereocenters. The van der Waals surface area contributed by atoms with Gasteiger partial charge >= 0.3 is 0 Å². The van der Waals surface area contributed by atoms with Crippen molar-refractivity contribution >= 4 is 17.1 Å². The van der Waals surface area contributed by atoms with E-state index in [9.17, 15) is 0 Å². The fraction of sp³-hybridized carbons (Fsp3) is 0.0833. The molecule has 0 saturated carbocycles. The summed E-state index contributed by atoms with van der Waals surface area (Å²) >= 11 is 6.08. The summed E-state index contributed by atoms with van der Waals surface area (Å²) in [5, 5.41) is 4.72. The molecule has 2 aromatic heterocycles. The molecule has 3 aromatic rings. The Labute approximate surface area is 108 Å². The van der Waals surface area contributed by atoms with Gasteiger partial charge < -0.3 is 4.74 Å². The predicted molar refractivity (Wildman–Crippen MR) is 67.8 cm³/mol. The van der Waals surface area contributed by atoms with Crippen LogP contribution in [0.5, 0.6) is 5.75 Å². The van der Waals surface area contributed by atoms with Crippen LogP contribution in [-0.4, -0.2) is 26.7 Å². The van der Waals surface area contributed by atoms with Crippen LogP contribution >= 0.6 is 11.6 Å². The molecular formula is C12H9ClN4O. The Balaban J connectivity index is 2.18. The number of hydrogen-bond donors (Lipinski definition) is 0. The highest BCUT2D eigenvalue weighted by Gasteiger charge is 2.08. The molecule has 0 N–H and O–H groups in total. The average molecular weight is 261 g/mol. The third-order valence-electron chi connectivity index (χ3n) is 2.57. The fourth-order valence-corrected chi connectivity index (χ4v) is 1.89. The van der Waals surface area contributed by atoms with E-state index in [0.717, 1.165) is 11.3 Å². The Morgan fingerprint density at radius 3 is 3.06 bits per heavy atom. The number of benzene rings is 1. The van der Waals surface area contributed by atoms with Crippen molar-refractivity contribution in [2.24, 2.45) is 0 Å². The smallest absolute Gasteiger partial charge is 0.181 e. The van der Waals surface area contributed by atoms with Crippen LogP contribution in [0.3, 0.4) is 0 Å². The van der Waals surface area contributed by atoms with Crippen LogP contribution < -0.4 is 4.74 Å². The number of imidazole rings is 1. The van der Waals surface area contributed by atoms with Gasteiger partial charge in [-0.1, -0.05) is 23.7 Å². The monoisotopic (exact) mass is 260 g/mol. The SMILES string of the molecule is COc1cccc(-c2nc(Cl)c3cncn3n2)c1. The van der Waals surface area contributed by atoms with Crippen LogP contribution in [0.2, 0.25) is 5.15 Å². The Kier molecular flexibility index (Phi) is 2.60. The first-order valence-corrected chi connectivity index (χ1v) is 5.66. The molecule has 0 amide bonds. The van der Waals surface area contributed by atoms with Crippen LogP contribution in [0.1, 0.15) is 0 Å². The molecule has 0 spiro atoms. The van der Waals surface area contributed by atoms with Crippen LogP contribution in [0.4, 0.5) is 0 Å². The highest BCUT2D eigenvalue weighted by Crippen LogP contribution is 2.23. The maximum absolute atomic E-state index is 6.08. The normalized spacial score (nSPS) is 10.8. The van der Waals surface area contributed by atoms with E-state index in [1.54, 1.807) is 24.1 Å². The van der Waals surface area contributed by atoms with E-state index < -0.39 is 0 Å². The van der Waals surface area contributed by atoms with Gasteiger partial charge in [-0.05, 0) is 12.1 Å². The Morgan fingerprint density at radius 1 is 1.33 bits per heavy atom. The van der Waals surface area contributed by atoms with Crippen molar-refractivity contribution in [3.63, 3.8) is 0 Å². The summed E-state index contributed by atoms with van der Waals surface area (Å²) in [6, 6.07) is 7.50. The summed E-state index contributed by atoms with van der Waals surface area (Å²) in [6.07, 6.45) is 3.21. The number of nitrogens with zero attached hydrogens (tertiary/aromatic N) is 4. The lowest BCUT2D eigenvalue weighted by molar-refractivity contribution is 0.415. The van der Waals surface area contributed by atoms with Crippen molar-refractivity contribution in [1.82, 2.24) is 19.6 Å². The zero-order valence-corrected chi connectivity index (χ0v) is 10.3. The molecule has 0 aliphatic carbocycles. The standard InChI is InChI=1S/C12H9ClN4O/c1-18-9-4-2-3-8(5-9)12-15-11(13)10-6-14-7-17(10)16-12/h2-7H,1H3. The minimum absolute atomic E-state index is 0.375. The molecule has 0 aliphatic heterocycles. The molecule has 90 valence electrons. The maximum atomic E-state index is 6.08. The van der Waals surface area contributed by atoms with Crippen molar-refractivity contribution in [1.29, 1.82) is 0 Å². The first kappa shape index (κ1) is 11.0. The van der Waals surface area contributed by atoms with E-state index in [1.165, 1.54) is 0 Å². The molecule has 0 radical (unpaired) electrons. The molecule has 0 bridgehead atoms. The number of halogens is 1. The van der Waals surface area contributed by atoms with E-state index in [1.807, 2.05) is 24.3 Å². The van der Waals surface area contributed by atoms with Crippen LogP contribution in [0.15, 0.2) is 36.8 Å². The molecule has 2 heterocycles. The van der Waals surface area contributed by atoms with E-state index in [2.05, 4.69) is 15.1 Å². The topological polar surface area (TPSA) is 52.3 Å². The fourth-order valence-electron chi connectivity index (χ4n) is 1.68. The number of methoxy groups -OCH3 is 1. The van der Waals surface area contributed by atoms with Gasteiger partial charge in [0.1, 0.15) is 17.6 Å². The highest BCUT2D eigenvalue weighted by molar-refractivity contribution is 6.32. The second-order valence-electron chi connectivity index (χ2n) is 3.68. The minimum atomic E-state index is 0.375. The van der Waals surface area contributed by atoms with Gasteiger partial charge in [-0.15, -0.1) is 5.10 Å². The van der Waals surface area contributed by atoms with Gasteiger partial charge in [0.2, 0.25) is 0 Å². The van der Waals surface area contributed by atoms with Crippen molar-refractivity contribution in [3.8, 4) is 17.1 Å². The zero-order valence-electron chi connectivity index (χ0n) is 9.54. The van der Waals surface area contributed by atoms with Crippen molar-refractivity contribution in [2.75, 3.05) is 7.11 Å². The molecule has 6 heteroatoms. The lowest BCUT2D eigenvalue weighted by Gasteiger charge is -2.04. The van der Waals surface area contributed by atoms with Gasteiger partial charge in [-0.25, -0.2) is 14.5 Å². The molecule has 0 atom stereocenters. The molecule has 0 fully saturated rings. The van der Waals surface area contributed by atoms with E-state index >= 15 is 0 Å². The quantitative estimate of drug-likeness (QED) is 0.710. The summed E-state index contributed by atoms with van der Waals surface area (Å²) in [5.41, 5.74) is 1.52. The molecular weight excluding hydrogens is 252 g/mol. The summed E-state index contributed by atoms with van der Waals surface area (Å²) in [4.78, 5) is 8.24. The largest absolute Gasteiger partial charge is 0.497 e. The second kappa shape index (κ2) is 4.27. The first-order chi connectivity index (χ1) is 8.78. The summed E-state index contributed by atoms with van der Waals surface area (Å²) in [6.45, 7) is 0. The summed E-state index contributed by atoms with van der Waals surface area (Å²) in [7, 11) is 1.62. The van der Waals surface area contributed by atoms with Gasteiger partial charge in [0.25, 0.3) is 0 Å². The maximum Gasteiger partial charge on any atom is 0.181 e. The molecule has 3 rings (SSSR count). The lowest BCUT2D eigenvalue weighted by atomic mass is 10.2. The highest BCUT2D eigenvalue weighted by atomic mass is 35.5. The van der Waals surface area contributed by atoms with Gasteiger partial charge in [-0.3, -0.25) is 0 Å². The van der Waals surface area contributed by atoms with Crippen molar-refractivity contribution < 1.29 is 4.74 Å². The Bertz CT molecular complexity index is 710. The minimum Gasteiger partial charge on any atom is -0.497 e. The molecule has 5 nitrogen and oxygen atoms in total. The lowest BCUT2D eigenvalue weighted by Crippen LogP contribution is -1.98. The molecule has 1 aromatic carbocycles. The molecule has 0 aliphatic rings. The number of ether oxygens (including phenoxy) is 1. The second-order valence-corrected chi connectivity index (χ2v) is 4.04. The van der Waals surface area contributed by atoms with E-state index in [-0.39, 0.29) is 0 Å². The summed E-state index contributed by atoms with van der Waals surface area (Å²) in [5.74, 6) is 1.28. The van der Waals surface area contributed by atoms with Gasteiger partial charge in [0.15, 0.2) is 11.0 Å². The average Bonchev–Trinajstić information content (AvgIpc) is 2.87. The van der Waals surface area contributed by atoms with Gasteiger partial charge in [0.05, 0.1) is 13.3 Å². The number of rotatable bonds is 2. The van der Waals surface area contributed by atoms with Gasteiger partial charge in [0, 0.05) is 5.56 Å². The van der Waals surface area contributed by atoms with Crippen LogP contribution in [-0.2, 0) is 0 Å². The third-order valence-corrected chi connectivity index (χ3v) is 2.84. The molecule has 0 saturated heterocycles. The summed E-state index contributed by atoms with van der Waals surface area (Å²) < 4.78 is 6.77. The Morgan fingerprint density at radius 2 is 2.22 bits per heavy atom.